The third-order valence-corrected chi connectivity index (χ3v) is 1.70. The maximum absolute atomic E-state index is 12.3. The van der Waals surface area contributed by atoms with Crippen molar-refractivity contribution in [2.75, 3.05) is 6.61 Å². The molecule has 0 aromatic carbocycles. The number of carbonyl (C=O) groups excluding carboxylic acids is 1. The third kappa shape index (κ3) is 1.97. The summed E-state index contributed by atoms with van der Waals surface area (Å²) in [4.78, 5) is 10.3. The van der Waals surface area contributed by atoms with Gasteiger partial charge >= 0.3 is 6.18 Å². The molecule has 1 unspecified atom stereocenters. The van der Waals surface area contributed by atoms with Gasteiger partial charge in [0.2, 0.25) is 0 Å². The molecule has 0 radical (unpaired) electrons. The zero-order valence-electron chi connectivity index (χ0n) is 7.31. The molecule has 1 heterocycles. The van der Waals surface area contributed by atoms with Crippen molar-refractivity contribution in [2.24, 2.45) is 0 Å². The summed E-state index contributed by atoms with van der Waals surface area (Å²) in [5.74, 6) is 1.38. The predicted octanol–water partition coefficient (Wildman–Crippen LogP) is 1.16. The summed E-state index contributed by atoms with van der Waals surface area (Å²) < 4.78 is 41.7. The lowest BCUT2D eigenvalue weighted by atomic mass is 10.1. The Kier molecular flexibility index (Phi) is 2.98. The molecule has 0 aromatic heterocycles. The lowest BCUT2D eigenvalue weighted by molar-refractivity contribution is -0.106. The number of halogens is 3. The highest BCUT2D eigenvalue weighted by Crippen LogP contribution is 2.33. The topological polar surface area (TPSA) is 38.3 Å². The van der Waals surface area contributed by atoms with Gasteiger partial charge in [-0.15, -0.1) is 0 Å². The van der Waals surface area contributed by atoms with E-state index in [0.717, 1.165) is 6.20 Å². The van der Waals surface area contributed by atoms with E-state index in [4.69, 9.17) is 4.74 Å². The summed E-state index contributed by atoms with van der Waals surface area (Å²) in [6.07, 6.45) is -5.14. The molecule has 78 valence electrons. The van der Waals surface area contributed by atoms with Gasteiger partial charge in [-0.3, -0.25) is 0 Å². The largest absolute Gasteiger partial charge is 0.416 e. The molecule has 0 fully saturated rings. The fourth-order valence-electron chi connectivity index (χ4n) is 1.12. The molecular formula is C8H8F3NO2. The van der Waals surface area contributed by atoms with Gasteiger partial charge in [0.15, 0.2) is 0 Å². The molecule has 14 heavy (non-hydrogen) atoms. The van der Waals surface area contributed by atoms with E-state index in [1.165, 1.54) is 5.94 Å². The van der Waals surface area contributed by atoms with Gasteiger partial charge in [-0.1, -0.05) is 0 Å². The van der Waals surface area contributed by atoms with Gasteiger partial charge in [-0.05, 0) is 6.92 Å². The Morgan fingerprint density at radius 1 is 1.64 bits per heavy atom. The van der Waals surface area contributed by atoms with Crippen molar-refractivity contribution in [1.29, 1.82) is 0 Å². The molecule has 0 bridgehead atoms. The monoisotopic (exact) mass is 207 g/mol. The van der Waals surface area contributed by atoms with Crippen molar-refractivity contribution in [2.45, 2.75) is 19.2 Å². The summed E-state index contributed by atoms with van der Waals surface area (Å²) >= 11 is 0. The molecule has 0 aliphatic carbocycles. The molecule has 0 saturated heterocycles. The van der Waals surface area contributed by atoms with E-state index in [1.807, 2.05) is 0 Å². The van der Waals surface area contributed by atoms with E-state index in [1.54, 1.807) is 6.92 Å². The molecule has 6 heteroatoms. The molecule has 1 rings (SSSR count). The molecule has 1 atom stereocenters. The number of alkyl halides is 3. The Morgan fingerprint density at radius 3 is 2.71 bits per heavy atom. The molecule has 3 nitrogen and oxygen atoms in total. The van der Waals surface area contributed by atoms with Crippen LogP contribution in [0.3, 0.4) is 0 Å². The van der Waals surface area contributed by atoms with Crippen molar-refractivity contribution in [3.63, 3.8) is 0 Å². The lowest BCUT2D eigenvalue weighted by Gasteiger charge is -2.15. The van der Waals surface area contributed by atoms with Gasteiger partial charge in [0.1, 0.15) is 17.7 Å². The van der Waals surface area contributed by atoms with E-state index < -0.39 is 17.9 Å². The van der Waals surface area contributed by atoms with Crippen LogP contribution in [-0.2, 0) is 9.53 Å². The van der Waals surface area contributed by atoms with Crippen LogP contribution in [0.4, 0.5) is 13.2 Å². The second-order valence-corrected chi connectivity index (χ2v) is 2.59. The summed E-state index contributed by atoms with van der Waals surface area (Å²) in [6.45, 7) is 1.64. The standard InChI is InChI=1S/C8H8F3NO2/c1-2-14-7-5(8(9,10)11)3-12-6(7)4-13/h3,7,12H,2H2,1H3. The minimum atomic E-state index is -4.49. The van der Waals surface area contributed by atoms with Gasteiger partial charge in [-0.2, -0.15) is 13.2 Å². The van der Waals surface area contributed by atoms with E-state index in [-0.39, 0.29) is 12.3 Å². The minimum Gasteiger partial charge on any atom is -0.367 e. The highest BCUT2D eigenvalue weighted by molar-refractivity contribution is 5.58. The molecule has 0 amide bonds. The first kappa shape index (κ1) is 10.8. The zero-order valence-corrected chi connectivity index (χ0v) is 7.31. The van der Waals surface area contributed by atoms with Crippen LogP contribution in [0, 0.1) is 0 Å². The first-order chi connectivity index (χ1) is 6.50. The Balaban J connectivity index is 2.92. The van der Waals surface area contributed by atoms with Gasteiger partial charge in [0, 0.05) is 12.8 Å². The second kappa shape index (κ2) is 3.86. The first-order valence-electron chi connectivity index (χ1n) is 3.91. The quantitative estimate of drug-likeness (QED) is 0.690. The van der Waals surface area contributed by atoms with Crippen LogP contribution in [0.1, 0.15) is 6.92 Å². The van der Waals surface area contributed by atoms with Gasteiger partial charge in [0.25, 0.3) is 0 Å². The van der Waals surface area contributed by atoms with Crippen molar-refractivity contribution in [1.82, 2.24) is 5.32 Å². The predicted molar refractivity (Wildman–Crippen MR) is 41.9 cm³/mol. The van der Waals surface area contributed by atoms with Crippen molar-refractivity contribution in [3.8, 4) is 0 Å². The molecular weight excluding hydrogens is 199 g/mol. The Bertz CT molecular complexity index is 302. The van der Waals surface area contributed by atoms with Crippen LogP contribution in [0.25, 0.3) is 0 Å². The normalized spacial score (nSPS) is 21.6. The van der Waals surface area contributed by atoms with Crippen molar-refractivity contribution >= 4 is 5.94 Å². The fraction of sp³-hybridized carbons (Fsp3) is 0.500. The van der Waals surface area contributed by atoms with E-state index >= 15 is 0 Å². The highest BCUT2D eigenvalue weighted by Gasteiger charge is 2.44. The molecule has 1 N–H and O–H groups in total. The first-order valence-corrected chi connectivity index (χ1v) is 3.91. The van der Waals surface area contributed by atoms with Crippen molar-refractivity contribution in [3.05, 3.63) is 17.5 Å². The van der Waals surface area contributed by atoms with Crippen molar-refractivity contribution < 1.29 is 22.7 Å². The second-order valence-electron chi connectivity index (χ2n) is 2.59. The number of hydrogen-bond acceptors (Lipinski definition) is 3. The molecule has 1 aliphatic heterocycles. The maximum atomic E-state index is 12.3. The van der Waals surface area contributed by atoms with Gasteiger partial charge < -0.3 is 10.1 Å². The molecule has 0 aromatic rings. The van der Waals surface area contributed by atoms with Crippen LogP contribution in [0.5, 0.6) is 0 Å². The summed E-state index contributed by atoms with van der Waals surface area (Å²) in [6, 6.07) is 0. The lowest BCUT2D eigenvalue weighted by Crippen LogP contribution is -2.26. The van der Waals surface area contributed by atoms with Crippen LogP contribution >= 0.6 is 0 Å². The highest BCUT2D eigenvalue weighted by atomic mass is 19.4. The molecule has 0 spiro atoms. The van der Waals surface area contributed by atoms with E-state index in [9.17, 15) is 18.0 Å². The average Bonchev–Trinajstić information content (AvgIpc) is 2.47. The Hall–Kier alpha value is -1.26. The minimum absolute atomic E-state index is 0.0882. The number of rotatable bonds is 2. The van der Waals surface area contributed by atoms with Crippen LogP contribution in [0.2, 0.25) is 0 Å². The van der Waals surface area contributed by atoms with Crippen LogP contribution < -0.4 is 5.32 Å². The van der Waals surface area contributed by atoms with Gasteiger partial charge in [-0.25, -0.2) is 4.79 Å². The number of ether oxygens (including phenoxy) is 1. The van der Waals surface area contributed by atoms with Crippen LogP contribution in [0.15, 0.2) is 17.5 Å². The maximum Gasteiger partial charge on any atom is 0.416 e. The van der Waals surface area contributed by atoms with E-state index in [0.29, 0.717) is 0 Å². The van der Waals surface area contributed by atoms with Crippen LogP contribution in [-0.4, -0.2) is 24.8 Å². The number of nitrogens with one attached hydrogen (secondary N) is 1. The molecule has 0 saturated carbocycles. The number of hydrogen-bond donors (Lipinski definition) is 1. The summed E-state index contributed by atoms with van der Waals surface area (Å²) in [5, 5.41) is 2.18. The molecule has 1 aliphatic rings. The smallest absolute Gasteiger partial charge is 0.367 e. The zero-order chi connectivity index (χ0) is 10.8. The summed E-state index contributed by atoms with van der Waals surface area (Å²) in [5.41, 5.74) is -1.14. The Morgan fingerprint density at radius 2 is 2.29 bits per heavy atom. The van der Waals surface area contributed by atoms with Gasteiger partial charge in [0.05, 0.1) is 5.57 Å². The summed E-state index contributed by atoms with van der Waals surface area (Å²) in [7, 11) is 0. The van der Waals surface area contributed by atoms with E-state index in [2.05, 4.69) is 5.32 Å². The average molecular weight is 207 g/mol. The fourth-order valence-corrected chi connectivity index (χ4v) is 1.12. The SMILES string of the molecule is CCOC1C(=C=O)NC=C1C(F)(F)F. The Labute approximate surface area is 78.2 Å². The third-order valence-electron chi connectivity index (χ3n) is 1.70.